The molecule has 0 aliphatic heterocycles. The quantitative estimate of drug-likeness (QED) is 0.571. The first-order valence-corrected chi connectivity index (χ1v) is 3.82. The molecule has 5 radical (unpaired) electrons. The van der Waals surface area contributed by atoms with E-state index < -0.39 is 0 Å². The monoisotopic (exact) mass is 269 g/mol. The van der Waals surface area contributed by atoms with Crippen LogP contribution in [0.25, 0.3) is 0 Å². The molecular weight excluding hydrogens is 247 g/mol. The number of hydrogen-bond acceptors (Lipinski definition) is 1. The van der Waals surface area contributed by atoms with Gasteiger partial charge in [0.2, 0.25) is 0 Å². The fourth-order valence-electron chi connectivity index (χ4n) is 0.819. The standard InChI is InChI=1S/C8H17O.H2O.Sn.H2/c1-2-3-4-5-6-7-8-9;;;/h9H,1-8H2;1H2;;1H. The summed E-state index contributed by atoms with van der Waals surface area (Å²) in [4.78, 5) is 0. The van der Waals surface area contributed by atoms with E-state index in [-0.39, 0.29) is 30.8 Å². The van der Waals surface area contributed by atoms with Crippen LogP contribution in [0.4, 0.5) is 0 Å². The van der Waals surface area contributed by atoms with E-state index in [4.69, 9.17) is 5.11 Å². The smallest absolute Gasteiger partial charge is 0.0431 e. The molecule has 0 heterocycles. The summed E-state index contributed by atoms with van der Waals surface area (Å²) in [6.07, 6.45) is 6.98. The molecule has 0 rings (SSSR count). The molecule has 69 valence electrons. The Morgan fingerprint density at radius 2 is 1.45 bits per heavy atom. The molecule has 0 fully saturated rings. The Kier molecular flexibility index (Phi) is 27.4. The van der Waals surface area contributed by atoms with E-state index in [1.54, 1.807) is 0 Å². The van der Waals surface area contributed by atoms with Gasteiger partial charge in [0.05, 0.1) is 0 Å². The summed E-state index contributed by atoms with van der Waals surface area (Å²) in [5, 5.41) is 8.41. The van der Waals surface area contributed by atoms with E-state index in [1.807, 2.05) is 0 Å². The first kappa shape index (κ1) is 17.7. The molecule has 0 aliphatic carbocycles. The van der Waals surface area contributed by atoms with Crippen LogP contribution in [-0.2, 0) is 0 Å². The average Bonchev–Trinajstić information content (AvgIpc) is 1.89. The second-order valence-corrected chi connectivity index (χ2v) is 2.34. The van der Waals surface area contributed by atoms with Crippen LogP contribution in [0.1, 0.15) is 40.0 Å². The molecule has 0 aromatic rings. The molecule has 2 nitrogen and oxygen atoms in total. The molecule has 3 heteroatoms. The third-order valence-electron chi connectivity index (χ3n) is 1.41. The van der Waals surface area contributed by atoms with E-state index in [9.17, 15) is 0 Å². The fraction of sp³-hybridized carbons (Fsp3) is 0.875. The summed E-state index contributed by atoms with van der Waals surface area (Å²) in [6.45, 7) is 4.11. The zero-order valence-corrected chi connectivity index (χ0v) is 9.96. The van der Waals surface area contributed by atoms with E-state index in [2.05, 4.69) is 6.92 Å². The molecule has 0 bridgehead atoms. The van der Waals surface area contributed by atoms with Gasteiger partial charge in [0.1, 0.15) is 0 Å². The third-order valence-corrected chi connectivity index (χ3v) is 1.41. The average molecular weight is 268 g/mol. The Hall–Kier alpha value is 0.719. The maximum atomic E-state index is 8.41. The largest absolute Gasteiger partial charge is 0.412 e. The third kappa shape index (κ3) is 18.0. The second kappa shape index (κ2) is 17.0. The SMILES string of the molecule is O.[CH2]CCCCCCCO.[HH].[Sn]. The van der Waals surface area contributed by atoms with Crippen molar-refractivity contribution < 1.29 is 12.0 Å². The van der Waals surface area contributed by atoms with Crippen LogP contribution < -0.4 is 0 Å². The van der Waals surface area contributed by atoms with Crippen molar-refractivity contribution in [3.05, 3.63) is 6.92 Å². The van der Waals surface area contributed by atoms with Gasteiger partial charge < -0.3 is 10.6 Å². The van der Waals surface area contributed by atoms with Crippen molar-refractivity contribution in [2.45, 2.75) is 38.5 Å². The Bertz CT molecular complexity index is 50.3. The van der Waals surface area contributed by atoms with Gasteiger partial charge in [-0.3, -0.25) is 0 Å². The van der Waals surface area contributed by atoms with Crippen LogP contribution in [0.15, 0.2) is 0 Å². The molecule has 0 saturated carbocycles. The molecule has 3 N–H and O–H groups in total. The summed E-state index contributed by atoms with van der Waals surface area (Å²) in [5.74, 6) is 0. The van der Waals surface area contributed by atoms with Gasteiger partial charge in [-0.25, -0.2) is 0 Å². The number of hydrogen-bond donors (Lipinski definition) is 1. The molecule has 0 amide bonds. The number of unbranched alkanes of at least 4 members (excludes halogenated alkanes) is 5. The van der Waals surface area contributed by atoms with Crippen molar-refractivity contribution in [2.75, 3.05) is 6.61 Å². The first-order valence-electron chi connectivity index (χ1n) is 3.82. The van der Waals surface area contributed by atoms with Gasteiger partial charge in [0.15, 0.2) is 0 Å². The van der Waals surface area contributed by atoms with Crippen molar-refractivity contribution in [2.24, 2.45) is 0 Å². The minimum absolute atomic E-state index is 0. The van der Waals surface area contributed by atoms with Gasteiger partial charge in [-0.1, -0.05) is 39.0 Å². The van der Waals surface area contributed by atoms with E-state index in [1.165, 1.54) is 25.7 Å². The summed E-state index contributed by atoms with van der Waals surface area (Å²) >= 11 is 0. The van der Waals surface area contributed by atoms with Crippen molar-refractivity contribution >= 4 is 23.9 Å². The molecule has 0 spiro atoms. The van der Waals surface area contributed by atoms with Gasteiger partial charge in [-0.15, -0.1) is 0 Å². The van der Waals surface area contributed by atoms with Crippen LogP contribution in [-0.4, -0.2) is 41.1 Å². The maximum absolute atomic E-state index is 8.41. The first-order chi connectivity index (χ1) is 4.41. The summed E-state index contributed by atoms with van der Waals surface area (Å²) in [5.41, 5.74) is 0. The van der Waals surface area contributed by atoms with Crippen molar-refractivity contribution in [1.82, 2.24) is 0 Å². The molecule has 0 unspecified atom stereocenters. The summed E-state index contributed by atoms with van der Waals surface area (Å²) in [6, 6.07) is 0. The van der Waals surface area contributed by atoms with Gasteiger partial charge in [-0.2, -0.15) is 0 Å². The summed E-state index contributed by atoms with van der Waals surface area (Å²) in [7, 11) is 0. The normalized spacial score (nSPS) is 8.18. The molecule has 11 heavy (non-hydrogen) atoms. The number of rotatable bonds is 6. The zero-order chi connectivity index (χ0) is 6.95. The van der Waals surface area contributed by atoms with E-state index in [0.29, 0.717) is 6.61 Å². The van der Waals surface area contributed by atoms with Crippen LogP contribution in [0.3, 0.4) is 0 Å². The van der Waals surface area contributed by atoms with Crippen LogP contribution in [0, 0.1) is 6.92 Å². The van der Waals surface area contributed by atoms with Crippen molar-refractivity contribution in [3.63, 3.8) is 0 Å². The predicted octanol–water partition coefficient (Wildman–Crippen LogP) is 1.19. The zero-order valence-electron chi connectivity index (χ0n) is 7.10. The minimum Gasteiger partial charge on any atom is -0.412 e. The second-order valence-electron chi connectivity index (χ2n) is 2.34. The fourth-order valence-corrected chi connectivity index (χ4v) is 0.819. The number of aliphatic hydroxyl groups is 1. The maximum Gasteiger partial charge on any atom is 0.0431 e. The molecule has 0 aromatic carbocycles. The van der Waals surface area contributed by atoms with Crippen LogP contribution >= 0.6 is 0 Å². The summed E-state index contributed by atoms with van der Waals surface area (Å²) < 4.78 is 0. The van der Waals surface area contributed by atoms with Crippen LogP contribution in [0.2, 0.25) is 0 Å². The van der Waals surface area contributed by atoms with Gasteiger partial charge in [-0.05, 0) is 6.42 Å². The van der Waals surface area contributed by atoms with Gasteiger partial charge in [0.25, 0.3) is 0 Å². The molecular formula is C8H21O2Sn. The Morgan fingerprint density at radius 3 is 1.91 bits per heavy atom. The van der Waals surface area contributed by atoms with Gasteiger partial charge >= 0.3 is 0 Å². The molecule has 0 atom stereocenters. The molecule has 0 saturated heterocycles. The van der Waals surface area contributed by atoms with Gasteiger partial charge in [0, 0.05) is 31.9 Å². The van der Waals surface area contributed by atoms with E-state index >= 15 is 0 Å². The topological polar surface area (TPSA) is 51.7 Å². The predicted molar refractivity (Wildman–Crippen MR) is 51.6 cm³/mol. The Labute approximate surface area is 88.1 Å². The van der Waals surface area contributed by atoms with Crippen LogP contribution in [0.5, 0.6) is 0 Å². The van der Waals surface area contributed by atoms with Crippen molar-refractivity contribution in [3.8, 4) is 0 Å². The number of aliphatic hydroxyl groups excluding tert-OH is 1. The Morgan fingerprint density at radius 1 is 1.00 bits per heavy atom. The molecule has 0 aliphatic rings. The minimum atomic E-state index is 0. The van der Waals surface area contributed by atoms with Crippen molar-refractivity contribution in [1.29, 1.82) is 0 Å². The molecule has 0 aromatic heterocycles. The Balaban J connectivity index is -0.000000107. The van der Waals surface area contributed by atoms with E-state index in [0.717, 1.165) is 12.8 Å².